The molecule has 0 saturated carbocycles. The SMILES string of the molecule is CC(N)C(c1cc(Br)cs1)N1CCC(C)(C(N)=O)C1. The van der Waals surface area contributed by atoms with Gasteiger partial charge in [0.05, 0.1) is 11.5 Å². The molecule has 1 aromatic rings. The molecule has 106 valence electrons. The van der Waals surface area contributed by atoms with Crippen molar-refractivity contribution in [3.8, 4) is 0 Å². The zero-order valence-corrected chi connectivity index (χ0v) is 13.6. The van der Waals surface area contributed by atoms with Crippen molar-refractivity contribution < 1.29 is 4.79 Å². The number of thiophene rings is 1. The summed E-state index contributed by atoms with van der Waals surface area (Å²) in [5, 5.41) is 2.06. The van der Waals surface area contributed by atoms with E-state index < -0.39 is 5.41 Å². The minimum Gasteiger partial charge on any atom is -0.369 e. The van der Waals surface area contributed by atoms with Crippen molar-refractivity contribution in [2.45, 2.75) is 32.4 Å². The molecule has 1 aliphatic heterocycles. The second-order valence-electron chi connectivity index (χ2n) is 5.62. The smallest absolute Gasteiger partial charge is 0.224 e. The van der Waals surface area contributed by atoms with Crippen molar-refractivity contribution in [2.75, 3.05) is 13.1 Å². The minimum atomic E-state index is -0.429. The van der Waals surface area contributed by atoms with Crippen LogP contribution in [0.4, 0.5) is 0 Å². The molecule has 6 heteroatoms. The molecule has 2 rings (SSSR count). The Morgan fingerprint density at radius 1 is 1.63 bits per heavy atom. The number of primary amides is 1. The third kappa shape index (κ3) is 3.02. The van der Waals surface area contributed by atoms with Gasteiger partial charge in [-0.2, -0.15) is 0 Å². The molecule has 0 radical (unpaired) electrons. The van der Waals surface area contributed by atoms with Crippen LogP contribution in [0.2, 0.25) is 0 Å². The van der Waals surface area contributed by atoms with Gasteiger partial charge in [-0.15, -0.1) is 11.3 Å². The predicted octanol–water partition coefficient (Wildman–Crippen LogP) is 2.10. The first-order valence-electron chi connectivity index (χ1n) is 6.37. The van der Waals surface area contributed by atoms with Gasteiger partial charge in [0.15, 0.2) is 0 Å². The Balaban J connectivity index is 2.21. The minimum absolute atomic E-state index is 0.0146. The predicted molar refractivity (Wildman–Crippen MR) is 81.9 cm³/mol. The molecule has 3 unspecified atom stereocenters. The van der Waals surface area contributed by atoms with Gasteiger partial charge in [-0.05, 0) is 48.8 Å². The molecule has 4 nitrogen and oxygen atoms in total. The number of halogens is 1. The first kappa shape index (κ1) is 15.0. The van der Waals surface area contributed by atoms with E-state index in [2.05, 4.69) is 32.3 Å². The number of likely N-dealkylation sites (tertiary alicyclic amines) is 1. The van der Waals surface area contributed by atoms with Crippen molar-refractivity contribution >= 4 is 33.2 Å². The van der Waals surface area contributed by atoms with Gasteiger partial charge in [0.1, 0.15) is 0 Å². The van der Waals surface area contributed by atoms with Gasteiger partial charge >= 0.3 is 0 Å². The Labute approximate surface area is 126 Å². The van der Waals surface area contributed by atoms with Crippen molar-refractivity contribution in [3.63, 3.8) is 0 Å². The van der Waals surface area contributed by atoms with Crippen molar-refractivity contribution in [1.29, 1.82) is 0 Å². The Morgan fingerprint density at radius 2 is 2.32 bits per heavy atom. The average Bonchev–Trinajstić information content (AvgIpc) is 2.87. The number of carbonyl (C=O) groups excluding carboxylic acids is 1. The number of nitrogens with two attached hydrogens (primary N) is 2. The molecule has 0 aromatic carbocycles. The first-order valence-corrected chi connectivity index (χ1v) is 8.04. The maximum Gasteiger partial charge on any atom is 0.224 e. The van der Waals surface area contributed by atoms with E-state index in [1.807, 2.05) is 13.8 Å². The molecule has 1 amide bonds. The molecule has 1 aromatic heterocycles. The number of amides is 1. The highest BCUT2D eigenvalue weighted by atomic mass is 79.9. The second-order valence-corrected chi connectivity index (χ2v) is 7.48. The fourth-order valence-corrected chi connectivity index (χ4v) is 4.38. The van der Waals surface area contributed by atoms with Gasteiger partial charge in [0, 0.05) is 27.3 Å². The van der Waals surface area contributed by atoms with Crippen LogP contribution in [-0.2, 0) is 4.79 Å². The Bertz CT molecular complexity index is 476. The van der Waals surface area contributed by atoms with Crippen LogP contribution >= 0.6 is 27.3 Å². The zero-order valence-electron chi connectivity index (χ0n) is 11.2. The molecule has 0 spiro atoms. The van der Waals surface area contributed by atoms with Crippen molar-refractivity contribution in [3.05, 3.63) is 20.8 Å². The maximum absolute atomic E-state index is 11.6. The van der Waals surface area contributed by atoms with E-state index in [9.17, 15) is 4.79 Å². The number of hydrogen-bond donors (Lipinski definition) is 2. The summed E-state index contributed by atoms with van der Waals surface area (Å²) < 4.78 is 1.08. The van der Waals surface area contributed by atoms with E-state index in [0.717, 1.165) is 17.4 Å². The third-order valence-corrected chi connectivity index (χ3v) is 5.63. The Morgan fingerprint density at radius 3 is 2.74 bits per heavy atom. The Kier molecular flexibility index (Phi) is 4.35. The van der Waals surface area contributed by atoms with E-state index in [-0.39, 0.29) is 18.0 Å². The summed E-state index contributed by atoms with van der Waals surface area (Å²) >= 11 is 5.18. The second kappa shape index (κ2) is 5.52. The molecule has 4 N–H and O–H groups in total. The quantitative estimate of drug-likeness (QED) is 0.877. The van der Waals surface area contributed by atoms with Crippen LogP contribution in [0.3, 0.4) is 0 Å². The van der Waals surface area contributed by atoms with E-state index in [0.29, 0.717) is 6.54 Å². The molecule has 1 saturated heterocycles. The summed E-state index contributed by atoms with van der Waals surface area (Å²) in [7, 11) is 0. The summed E-state index contributed by atoms with van der Waals surface area (Å²) in [6.45, 7) is 5.50. The van der Waals surface area contributed by atoms with Crippen molar-refractivity contribution in [2.24, 2.45) is 16.9 Å². The molecule has 2 heterocycles. The lowest BCUT2D eigenvalue weighted by Crippen LogP contribution is -2.41. The summed E-state index contributed by atoms with van der Waals surface area (Å²) in [6.07, 6.45) is 0.804. The lowest BCUT2D eigenvalue weighted by molar-refractivity contribution is -0.126. The van der Waals surface area contributed by atoms with Crippen LogP contribution in [0.5, 0.6) is 0 Å². The number of carbonyl (C=O) groups is 1. The molecular weight excluding hydrogens is 326 g/mol. The molecule has 1 aliphatic rings. The number of nitrogens with zero attached hydrogens (tertiary/aromatic N) is 1. The zero-order chi connectivity index (χ0) is 14.2. The fraction of sp³-hybridized carbons (Fsp3) is 0.615. The van der Waals surface area contributed by atoms with Crippen LogP contribution in [0, 0.1) is 5.41 Å². The molecular formula is C13H20BrN3OS. The van der Waals surface area contributed by atoms with Gasteiger partial charge in [-0.3, -0.25) is 9.69 Å². The molecule has 19 heavy (non-hydrogen) atoms. The van der Waals surface area contributed by atoms with E-state index >= 15 is 0 Å². The number of hydrogen-bond acceptors (Lipinski definition) is 4. The van der Waals surface area contributed by atoms with Crippen LogP contribution in [-0.4, -0.2) is 29.9 Å². The van der Waals surface area contributed by atoms with Gasteiger partial charge in [0.2, 0.25) is 5.91 Å². The molecule has 0 aliphatic carbocycles. The summed E-state index contributed by atoms with van der Waals surface area (Å²) in [6, 6.07) is 2.27. The summed E-state index contributed by atoms with van der Waals surface area (Å²) in [5.74, 6) is -0.217. The largest absolute Gasteiger partial charge is 0.369 e. The lowest BCUT2D eigenvalue weighted by Gasteiger charge is -2.31. The average molecular weight is 346 g/mol. The van der Waals surface area contributed by atoms with Crippen LogP contribution in [0.1, 0.15) is 31.2 Å². The van der Waals surface area contributed by atoms with Gasteiger partial charge in [-0.25, -0.2) is 0 Å². The van der Waals surface area contributed by atoms with Crippen LogP contribution in [0.15, 0.2) is 15.9 Å². The maximum atomic E-state index is 11.6. The fourth-order valence-electron chi connectivity index (χ4n) is 2.69. The Hall–Kier alpha value is -0.430. The normalized spacial score (nSPS) is 27.4. The molecule has 0 bridgehead atoms. The van der Waals surface area contributed by atoms with Crippen LogP contribution in [0.25, 0.3) is 0 Å². The standard InChI is InChI=1S/C13H20BrN3OS/c1-8(15)11(10-5-9(14)6-19-10)17-4-3-13(2,7-17)12(16)18/h5-6,8,11H,3-4,7,15H2,1-2H3,(H2,16,18). The van der Waals surface area contributed by atoms with Crippen molar-refractivity contribution in [1.82, 2.24) is 4.90 Å². The van der Waals surface area contributed by atoms with Gasteiger partial charge in [-0.1, -0.05) is 0 Å². The highest BCUT2D eigenvalue weighted by Gasteiger charge is 2.42. The third-order valence-electron chi connectivity index (χ3n) is 3.87. The van der Waals surface area contributed by atoms with E-state index in [4.69, 9.17) is 11.5 Å². The van der Waals surface area contributed by atoms with Crippen LogP contribution < -0.4 is 11.5 Å². The van der Waals surface area contributed by atoms with Gasteiger partial charge in [0.25, 0.3) is 0 Å². The van der Waals surface area contributed by atoms with E-state index in [1.54, 1.807) is 11.3 Å². The van der Waals surface area contributed by atoms with E-state index in [1.165, 1.54) is 4.88 Å². The summed E-state index contributed by atoms with van der Waals surface area (Å²) in [5.41, 5.74) is 11.2. The van der Waals surface area contributed by atoms with Gasteiger partial charge < -0.3 is 11.5 Å². The lowest BCUT2D eigenvalue weighted by atomic mass is 9.89. The molecule has 3 atom stereocenters. The summed E-state index contributed by atoms with van der Waals surface area (Å²) in [4.78, 5) is 15.1. The monoisotopic (exact) mass is 345 g/mol. The highest BCUT2D eigenvalue weighted by Crippen LogP contribution is 2.38. The first-order chi connectivity index (χ1) is 8.83. The highest BCUT2D eigenvalue weighted by molar-refractivity contribution is 9.10. The molecule has 1 fully saturated rings. The number of rotatable bonds is 4. The topological polar surface area (TPSA) is 72.3 Å².